The van der Waals surface area contributed by atoms with Gasteiger partial charge < -0.3 is 10.1 Å². The lowest BCUT2D eigenvalue weighted by Gasteiger charge is -2.26. The van der Waals surface area contributed by atoms with Crippen molar-refractivity contribution in [1.29, 1.82) is 0 Å². The molecule has 2 rings (SSSR count). The molecule has 1 N–H and O–H groups in total. The Bertz CT molecular complexity index is 213. The van der Waals surface area contributed by atoms with E-state index in [2.05, 4.69) is 26.1 Å². The van der Waals surface area contributed by atoms with Crippen molar-refractivity contribution in [3.8, 4) is 0 Å². The lowest BCUT2D eigenvalue weighted by atomic mass is 9.90. The van der Waals surface area contributed by atoms with E-state index in [0.717, 1.165) is 6.54 Å². The Morgan fingerprint density at radius 3 is 2.60 bits per heavy atom. The first kappa shape index (κ1) is 11.4. The number of hydrogen-bond donors (Lipinski definition) is 1. The number of hydrogen-bond acceptors (Lipinski definition) is 2. The van der Waals surface area contributed by atoms with Gasteiger partial charge in [0.2, 0.25) is 0 Å². The Kier molecular flexibility index (Phi) is 3.36. The molecular formula is C13H25NO. The van der Waals surface area contributed by atoms with E-state index in [9.17, 15) is 0 Å². The minimum atomic E-state index is 0.500. The molecule has 3 unspecified atom stereocenters. The predicted octanol–water partition coefficient (Wildman–Crippen LogP) is 2.72. The zero-order chi connectivity index (χ0) is 10.9. The van der Waals surface area contributed by atoms with Crippen molar-refractivity contribution < 1.29 is 4.74 Å². The summed E-state index contributed by atoms with van der Waals surface area (Å²) in [6.45, 7) is 7.83. The minimum absolute atomic E-state index is 0.500. The fourth-order valence-electron chi connectivity index (χ4n) is 2.99. The fourth-order valence-corrected chi connectivity index (χ4v) is 2.99. The van der Waals surface area contributed by atoms with Gasteiger partial charge in [0.05, 0.1) is 12.2 Å². The van der Waals surface area contributed by atoms with Crippen LogP contribution in [0.5, 0.6) is 0 Å². The summed E-state index contributed by atoms with van der Waals surface area (Å²) in [6.07, 6.45) is 7.66. The zero-order valence-corrected chi connectivity index (χ0v) is 10.4. The maximum absolute atomic E-state index is 5.94. The third-order valence-corrected chi connectivity index (χ3v) is 4.28. The Balaban J connectivity index is 1.82. The van der Waals surface area contributed by atoms with E-state index in [4.69, 9.17) is 4.74 Å². The second kappa shape index (κ2) is 4.42. The van der Waals surface area contributed by atoms with Crippen molar-refractivity contribution >= 4 is 0 Å². The highest BCUT2D eigenvalue weighted by molar-refractivity contribution is 5.02. The van der Waals surface area contributed by atoms with Crippen molar-refractivity contribution in [3.63, 3.8) is 0 Å². The van der Waals surface area contributed by atoms with Gasteiger partial charge in [0.25, 0.3) is 0 Å². The van der Waals surface area contributed by atoms with Crippen LogP contribution < -0.4 is 5.32 Å². The van der Waals surface area contributed by atoms with Crippen LogP contribution in [0.1, 0.15) is 52.9 Å². The Morgan fingerprint density at radius 1 is 1.40 bits per heavy atom. The molecule has 15 heavy (non-hydrogen) atoms. The van der Waals surface area contributed by atoms with Crippen LogP contribution in [-0.2, 0) is 4.74 Å². The average molecular weight is 211 g/mol. The minimum Gasteiger partial charge on any atom is -0.375 e. The molecule has 2 nitrogen and oxygen atoms in total. The molecule has 1 saturated heterocycles. The van der Waals surface area contributed by atoms with Crippen LogP contribution in [0.15, 0.2) is 0 Å². The van der Waals surface area contributed by atoms with Crippen molar-refractivity contribution in [2.45, 2.75) is 71.1 Å². The van der Waals surface area contributed by atoms with Crippen LogP contribution >= 0.6 is 0 Å². The summed E-state index contributed by atoms with van der Waals surface area (Å²) in [5.41, 5.74) is 0.574. The summed E-state index contributed by atoms with van der Waals surface area (Å²) in [7, 11) is 0. The second-order valence-corrected chi connectivity index (χ2v) is 5.49. The smallest absolute Gasteiger partial charge is 0.0585 e. The second-order valence-electron chi connectivity index (χ2n) is 5.49. The maximum Gasteiger partial charge on any atom is 0.0585 e. The summed E-state index contributed by atoms with van der Waals surface area (Å²) in [5.74, 6) is 0. The molecule has 2 fully saturated rings. The third-order valence-electron chi connectivity index (χ3n) is 4.28. The van der Waals surface area contributed by atoms with Crippen LogP contribution in [0, 0.1) is 5.41 Å². The van der Waals surface area contributed by atoms with E-state index in [1.807, 2.05) is 0 Å². The highest BCUT2D eigenvalue weighted by atomic mass is 16.5. The van der Waals surface area contributed by atoms with Gasteiger partial charge >= 0.3 is 0 Å². The first-order chi connectivity index (χ1) is 7.16. The molecule has 1 saturated carbocycles. The van der Waals surface area contributed by atoms with Gasteiger partial charge in [-0.3, -0.25) is 0 Å². The molecule has 0 aromatic rings. The lowest BCUT2D eigenvalue weighted by molar-refractivity contribution is 0.0338. The molecule has 2 heteroatoms. The molecule has 0 radical (unpaired) electrons. The predicted molar refractivity (Wildman–Crippen MR) is 63.0 cm³/mol. The summed E-state index contributed by atoms with van der Waals surface area (Å²) in [4.78, 5) is 0. The molecule has 1 aliphatic carbocycles. The van der Waals surface area contributed by atoms with E-state index < -0.39 is 0 Å². The monoisotopic (exact) mass is 211 g/mol. The van der Waals surface area contributed by atoms with Gasteiger partial charge in [-0.1, -0.05) is 6.92 Å². The van der Waals surface area contributed by atoms with Gasteiger partial charge in [0, 0.05) is 6.04 Å². The molecule has 88 valence electrons. The molecule has 1 heterocycles. The first-order valence-electron chi connectivity index (χ1n) is 6.55. The van der Waals surface area contributed by atoms with Gasteiger partial charge in [0.15, 0.2) is 0 Å². The standard InChI is InChI=1S/C13H25NO/c1-4-14-11(3)13(7-8-13)9-12-6-5-10(2)15-12/h10-12,14H,4-9H2,1-3H3. The van der Waals surface area contributed by atoms with Gasteiger partial charge in [0.1, 0.15) is 0 Å². The number of nitrogens with one attached hydrogen (secondary N) is 1. The van der Waals surface area contributed by atoms with E-state index in [-0.39, 0.29) is 0 Å². The summed E-state index contributed by atoms with van der Waals surface area (Å²) >= 11 is 0. The van der Waals surface area contributed by atoms with Crippen LogP contribution in [0.4, 0.5) is 0 Å². The largest absolute Gasteiger partial charge is 0.375 e. The summed E-state index contributed by atoms with van der Waals surface area (Å²) in [6, 6.07) is 0.669. The number of ether oxygens (including phenoxy) is 1. The van der Waals surface area contributed by atoms with Crippen molar-refractivity contribution in [1.82, 2.24) is 5.32 Å². The Hall–Kier alpha value is -0.0800. The quantitative estimate of drug-likeness (QED) is 0.755. The summed E-state index contributed by atoms with van der Waals surface area (Å²) < 4.78 is 5.94. The van der Waals surface area contributed by atoms with Gasteiger partial charge in [-0.05, 0) is 57.9 Å². The van der Waals surface area contributed by atoms with Crippen LogP contribution in [0.3, 0.4) is 0 Å². The molecule has 0 bridgehead atoms. The van der Waals surface area contributed by atoms with E-state index in [1.54, 1.807) is 0 Å². The van der Waals surface area contributed by atoms with Crippen molar-refractivity contribution in [3.05, 3.63) is 0 Å². The van der Waals surface area contributed by atoms with E-state index >= 15 is 0 Å². The molecular weight excluding hydrogens is 186 g/mol. The number of rotatable bonds is 5. The van der Waals surface area contributed by atoms with Crippen LogP contribution in [0.2, 0.25) is 0 Å². The molecule has 0 aromatic carbocycles. The molecule has 0 spiro atoms. The van der Waals surface area contributed by atoms with E-state index in [0.29, 0.717) is 23.7 Å². The van der Waals surface area contributed by atoms with Crippen molar-refractivity contribution in [2.75, 3.05) is 6.54 Å². The van der Waals surface area contributed by atoms with Crippen LogP contribution in [-0.4, -0.2) is 24.8 Å². The molecule has 1 aliphatic heterocycles. The SMILES string of the molecule is CCNC(C)C1(CC2CCC(C)O2)CC1. The molecule has 3 atom stereocenters. The van der Waals surface area contributed by atoms with Gasteiger partial charge in [-0.2, -0.15) is 0 Å². The Labute approximate surface area is 93.8 Å². The van der Waals surface area contributed by atoms with E-state index in [1.165, 1.54) is 32.1 Å². The normalized spacial score (nSPS) is 35.4. The highest BCUT2D eigenvalue weighted by Gasteiger charge is 2.48. The van der Waals surface area contributed by atoms with Gasteiger partial charge in [-0.25, -0.2) is 0 Å². The van der Waals surface area contributed by atoms with Crippen LogP contribution in [0.25, 0.3) is 0 Å². The zero-order valence-electron chi connectivity index (χ0n) is 10.4. The first-order valence-corrected chi connectivity index (χ1v) is 6.55. The molecule has 0 amide bonds. The van der Waals surface area contributed by atoms with Crippen molar-refractivity contribution in [2.24, 2.45) is 5.41 Å². The average Bonchev–Trinajstić information content (AvgIpc) is 2.86. The Morgan fingerprint density at radius 2 is 2.13 bits per heavy atom. The van der Waals surface area contributed by atoms with Gasteiger partial charge in [-0.15, -0.1) is 0 Å². The summed E-state index contributed by atoms with van der Waals surface area (Å²) in [5, 5.41) is 3.58. The molecule has 0 aromatic heterocycles. The highest BCUT2D eigenvalue weighted by Crippen LogP contribution is 2.53. The third kappa shape index (κ3) is 2.54. The maximum atomic E-state index is 5.94. The topological polar surface area (TPSA) is 21.3 Å². The lowest BCUT2D eigenvalue weighted by Crippen LogP contribution is -2.36. The molecule has 2 aliphatic rings. The fraction of sp³-hybridized carbons (Fsp3) is 1.00.